The van der Waals surface area contributed by atoms with Crippen LogP contribution in [0.15, 0.2) is 24.3 Å². The number of benzene rings is 1. The molecule has 0 radical (unpaired) electrons. The van der Waals surface area contributed by atoms with Crippen molar-refractivity contribution in [1.82, 2.24) is 0 Å². The van der Waals surface area contributed by atoms with Crippen molar-refractivity contribution in [2.24, 2.45) is 23.2 Å². The average Bonchev–Trinajstić information content (AvgIpc) is 3.26. The molecule has 0 spiro atoms. The fourth-order valence-corrected chi connectivity index (χ4v) is 5.93. The third-order valence-electron chi connectivity index (χ3n) is 6.51. The Morgan fingerprint density at radius 3 is 2.09 bits per heavy atom. The number of hydrogen-bond acceptors (Lipinski definition) is 2. The van der Waals surface area contributed by atoms with Crippen LogP contribution in [0.1, 0.15) is 50.2 Å². The summed E-state index contributed by atoms with van der Waals surface area (Å²) in [6, 6.07) is 6.38. The van der Waals surface area contributed by atoms with E-state index in [-0.39, 0.29) is 23.4 Å². The Kier molecular flexibility index (Phi) is 2.65. The lowest BCUT2D eigenvalue weighted by atomic mass is 9.48. The summed E-state index contributed by atoms with van der Waals surface area (Å²) < 4.78 is 18.7. The third-order valence-corrected chi connectivity index (χ3v) is 6.51. The summed E-state index contributed by atoms with van der Waals surface area (Å²) in [6.45, 7) is 0. The van der Waals surface area contributed by atoms with Gasteiger partial charge in [0.2, 0.25) is 0 Å². The number of ether oxygens (including phenoxy) is 1. The van der Waals surface area contributed by atoms with Crippen LogP contribution in [-0.4, -0.2) is 11.9 Å². The van der Waals surface area contributed by atoms with Gasteiger partial charge >= 0.3 is 0 Å². The van der Waals surface area contributed by atoms with Crippen LogP contribution in [-0.2, 0) is 9.53 Å². The third kappa shape index (κ3) is 1.91. The van der Waals surface area contributed by atoms with Gasteiger partial charge in [-0.15, -0.1) is 0 Å². The van der Waals surface area contributed by atoms with E-state index in [1.807, 2.05) is 0 Å². The zero-order valence-electron chi connectivity index (χ0n) is 12.6. The minimum atomic E-state index is -0.276. The molecular weight excluding hydrogens is 279 g/mol. The molecule has 0 amide bonds. The lowest BCUT2D eigenvalue weighted by molar-refractivity contribution is -0.145. The van der Waals surface area contributed by atoms with Gasteiger partial charge in [-0.25, -0.2) is 4.39 Å². The zero-order valence-corrected chi connectivity index (χ0v) is 12.6. The minimum Gasteiger partial charge on any atom is -0.356 e. The lowest BCUT2D eigenvalue weighted by Crippen LogP contribution is -2.51. The Hall–Kier alpha value is -1.22. The number of carbonyl (C=O) groups is 1. The number of Topliss-reactive ketones (excluding diaryl/α,β-unsaturated/α-hetero) is 1. The van der Waals surface area contributed by atoms with Gasteiger partial charge in [0.05, 0.1) is 0 Å². The van der Waals surface area contributed by atoms with E-state index in [1.165, 1.54) is 31.4 Å². The SMILES string of the molecule is O=C([C@H]1O[C@@H]1c1ccc(F)cc1)C12CC3CC(CC(C3)C1)C2. The second-order valence-corrected chi connectivity index (χ2v) is 8.09. The van der Waals surface area contributed by atoms with Crippen molar-refractivity contribution >= 4 is 5.78 Å². The van der Waals surface area contributed by atoms with Gasteiger partial charge in [-0.2, -0.15) is 0 Å². The molecule has 5 aliphatic rings. The molecule has 1 aromatic carbocycles. The fourth-order valence-electron chi connectivity index (χ4n) is 5.93. The van der Waals surface area contributed by atoms with Crippen LogP contribution < -0.4 is 0 Å². The predicted octanol–water partition coefficient (Wildman–Crippen LogP) is 4.05. The first kappa shape index (κ1) is 13.2. The van der Waals surface area contributed by atoms with Crippen LogP contribution in [0, 0.1) is 29.0 Å². The Balaban J connectivity index is 1.36. The van der Waals surface area contributed by atoms with Crippen molar-refractivity contribution in [2.75, 3.05) is 0 Å². The number of carbonyl (C=O) groups excluding carboxylic acids is 1. The fraction of sp³-hybridized carbons (Fsp3) is 0.632. The molecule has 2 atom stereocenters. The van der Waals surface area contributed by atoms with Gasteiger partial charge in [0.1, 0.15) is 18.0 Å². The normalized spacial score (nSPS) is 45.0. The molecule has 0 N–H and O–H groups in total. The monoisotopic (exact) mass is 300 g/mol. The highest BCUT2D eigenvalue weighted by molar-refractivity contribution is 5.92. The maximum atomic E-state index is 13.1. The van der Waals surface area contributed by atoms with Gasteiger partial charge in [-0.3, -0.25) is 4.79 Å². The van der Waals surface area contributed by atoms with E-state index in [2.05, 4.69) is 0 Å². The van der Waals surface area contributed by atoms with E-state index >= 15 is 0 Å². The molecule has 22 heavy (non-hydrogen) atoms. The van der Waals surface area contributed by atoms with Crippen molar-refractivity contribution < 1.29 is 13.9 Å². The second-order valence-electron chi connectivity index (χ2n) is 8.09. The molecule has 1 aliphatic heterocycles. The molecule has 6 rings (SSSR count). The number of epoxide rings is 1. The molecule has 1 heterocycles. The molecule has 1 saturated heterocycles. The topological polar surface area (TPSA) is 29.6 Å². The van der Waals surface area contributed by atoms with Crippen molar-refractivity contribution in [3.05, 3.63) is 35.6 Å². The van der Waals surface area contributed by atoms with E-state index in [0.29, 0.717) is 5.78 Å². The Labute approximate surface area is 130 Å². The molecule has 4 bridgehead atoms. The van der Waals surface area contributed by atoms with Gasteiger partial charge in [-0.1, -0.05) is 12.1 Å². The molecule has 5 fully saturated rings. The van der Waals surface area contributed by atoms with Crippen molar-refractivity contribution in [1.29, 1.82) is 0 Å². The van der Waals surface area contributed by atoms with E-state index in [9.17, 15) is 9.18 Å². The van der Waals surface area contributed by atoms with Crippen LogP contribution in [0.4, 0.5) is 4.39 Å². The molecular formula is C19H21FO2. The van der Waals surface area contributed by atoms with Gasteiger partial charge in [0.25, 0.3) is 0 Å². The first-order chi connectivity index (χ1) is 10.6. The highest BCUT2D eigenvalue weighted by Gasteiger charge is 2.60. The molecule has 4 saturated carbocycles. The molecule has 0 aromatic heterocycles. The van der Waals surface area contributed by atoms with Crippen LogP contribution in [0.5, 0.6) is 0 Å². The first-order valence-electron chi connectivity index (χ1n) is 8.58. The first-order valence-corrected chi connectivity index (χ1v) is 8.58. The van der Waals surface area contributed by atoms with E-state index in [0.717, 1.165) is 42.6 Å². The van der Waals surface area contributed by atoms with Crippen molar-refractivity contribution in [2.45, 2.75) is 50.7 Å². The minimum absolute atomic E-state index is 0.0891. The number of rotatable bonds is 3. The highest BCUT2D eigenvalue weighted by Crippen LogP contribution is 2.62. The molecule has 2 nitrogen and oxygen atoms in total. The zero-order chi connectivity index (χ0) is 14.9. The predicted molar refractivity (Wildman–Crippen MR) is 79.6 cm³/mol. The number of halogens is 1. The van der Waals surface area contributed by atoms with Gasteiger partial charge in [-0.05, 0) is 74.0 Å². The van der Waals surface area contributed by atoms with Crippen LogP contribution in [0.3, 0.4) is 0 Å². The molecule has 1 aromatic rings. The van der Waals surface area contributed by atoms with E-state index in [1.54, 1.807) is 12.1 Å². The Morgan fingerprint density at radius 2 is 1.55 bits per heavy atom. The van der Waals surface area contributed by atoms with Crippen molar-refractivity contribution in [3.63, 3.8) is 0 Å². The number of hydrogen-bond donors (Lipinski definition) is 0. The smallest absolute Gasteiger partial charge is 0.170 e. The van der Waals surface area contributed by atoms with Crippen LogP contribution >= 0.6 is 0 Å². The number of ketones is 1. The maximum Gasteiger partial charge on any atom is 0.170 e. The summed E-state index contributed by atoms with van der Waals surface area (Å²) in [7, 11) is 0. The molecule has 3 heteroatoms. The summed E-state index contributed by atoms with van der Waals surface area (Å²) in [6.07, 6.45) is 6.90. The summed E-state index contributed by atoms with van der Waals surface area (Å²) in [5, 5.41) is 0. The summed E-state index contributed by atoms with van der Waals surface area (Å²) >= 11 is 0. The molecule has 116 valence electrons. The standard InChI is InChI=1S/C19H21FO2/c20-15-3-1-14(2-4-15)16-17(22-16)18(21)19-8-11-5-12(9-19)7-13(6-11)10-19/h1-4,11-13,16-17H,5-10H2/t11?,12?,13?,16-,17+,19?/m1/s1. The average molecular weight is 300 g/mol. The van der Waals surface area contributed by atoms with Gasteiger partial charge < -0.3 is 4.74 Å². The summed E-state index contributed by atoms with van der Waals surface area (Å²) in [5.41, 5.74) is 0.846. The summed E-state index contributed by atoms with van der Waals surface area (Å²) in [5.74, 6) is 2.43. The van der Waals surface area contributed by atoms with Gasteiger partial charge in [0.15, 0.2) is 5.78 Å². The molecule has 0 unspecified atom stereocenters. The lowest BCUT2D eigenvalue weighted by Gasteiger charge is -2.55. The van der Waals surface area contributed by atoms with Crippen LogP contribution in [0.25, 0.3) is 0 Å². The maximum absolute atomic E-state index is 13.1. The largest absolute Gasteiger partial charge is 0.356 e. The second kappa shape index (κ2) is 4.41. The van der Waals surface area contributed by atoms with E-state index < -0.39 is 0 Å². The van der Waals surface area contributed by atoms with Crippen molar-refractivity contribution in [3.8, 4) is 0 Å². The Morgan fingerprint density at radius 1 is 1.00 bits per heavy atom. The Bertz CT molecular complexity index is 586. The van der Waals surface area contributed by atoms with Gasteiger partial charge in [0, 0.05) is 5.41 Å². The molecule has 4 aliphatic carbocycles. The van der Waals surface area contributed by atoms with Crippen LogP contribution in [0.2, 0.25) is 0 Å². The van der Waals surface area contributed by atoms with E-state index in [4.69, 9.17) is 4.74 Å². The highest BCUT2D eigenvalue weighted by atomic mass is 19.1. The quantitative estimate of drug-likeness (QED) is 0.788. The summed E-state index contributed by atoms with van der Waals surface area (Å²) in [4.78, 5) is 13.1.